The summed E-state index contributed by atoms with van der Waals surface area (Å²) in [6, 6.07) is 6.38. The highest BCUT2D eigenvalue weighted by Crippen LogP contribution is 2.39. The zero-order valence-corrected chi connectivity index (χ0v) is 12.8. The van der Waals surface area contributed by atoms with E-state index < -0.39 is 29.4 Å². The molecule has 1 aromatic carbocycles. The highest BCUT2D eigenvalue weighted by Gasteiger charge is 2.52. The van der Waals surface area contributed by atoms with E-state index in [0.29, 0.717) is 0 Å². The topological polar surface area (TPSA) is 80.8 Å². The van der Waals surface area contributed by atoms with Crippen molar-refractivity contribution in [3.05, 3.63) is 46.7 Å². The Morgan fingerprint density at radius 2 is 1.70 bits per heavy atom. The van der Waals surface area contributed by atoms with Crippen molar-refractivity contribution in [3.8, 4) is 0 Å². The van der Waals surface area contributed by atoms with Gasteiger partial charge in [-0.1, -0.05) is 24.3 Å². The van der Waals surface area contributed by atoms with E-state index in [2.05, 4.69) is 0 Å². The van der Waals surface area contributed by atoms with Crippen molar-refractivity contribution in [3.63, 3.8) is 0 Å². The van der Waals surface area contributed by atoms with Gasteiger partial charge < -0.3 is 9.64 Å². The molecule has 0 fully saturated rings. The van der Waals surface area contributed by atoms with Crippen LogP contribution in [0.5, 0.6) is 0 Å². The second-order valence-corrected chi connectivity index (χ2v) is 5.23. The Bertz CT molecular complexity index is 777. The summed E-state index contributed by atoms with van der Waals surface area (Å²) in [7, 11) is 0. The van der Waals surface area contributed by atoms with E-state index in [1.165, 1.54) is 11.0 Å². The standard InChI is InChI=1S/C17H15NO5/c1-3-18-13-11(12(16(18)21)17(22)23-4-2)14(19)9-7-5-6-8-10(9)15(13)20/h5-8,12H,3-4H2,1-2H3. The molecule has 6 heteroatoms. The first-order chi connectivity index (χ1) is 11.0. The SMILES string of the molecule is CCOC(=O)C1C(=O)N(CC)C2=C1C(=O)c1ccccc1C2=O. The van der Waals surface area contributed by atoms with Crippen molar-refractivity contribution < 1.29 is 23.9 Å². The van der Waals surface area contributed by atoms with Crippen molar-refractivity contribution in [2.75, 3.05) is 13.2 Å². The van der Waals surface area contributed by atoms with Crippen LogP contribution in [0.3, 0.4) is 0 Å². The van der Waals surface area contributed by atoms with Crippen LogP contribution in [0.2, 0.25) is 0 Å². The summed E-state index contributed by atoms with van der Waals surface area (Å²) in [5, 5.41) is 0. The van der Waals surface area contributed by atoms with Crippen LogP contribution < -0.4 is 0 Å². The average Bonchev–Trinajstić information content (AvgIpc) is 2.85. The molecule has 1 aromatic rings. The Morgan fingerprint density at radius 1 is 1.09 bits per heavy atom. The number of nitrogens with zero attached hydrogens (tertiary/aromatic N) is 1. The van der Waals surface area contributed by atoms with Crippen LogP contribution in [0, 0.1) is 5.92 Å². The first-order valence-electron chi connectivity index (χ1n) is 7.43. The van der Waals surface area contributed by atoms with Crippen LogP contribution >= 0.6 is 0 Å². The fourth-order valence-electron chi connectivity index (χ4n) is 3.07. The largest absolute Gasteiger partial charge is 0.465 e. The normalized spacial score (nSPS) is 19.8. The zero-order chi connectivity index (χ0) is 16.7. The summed E-state index contributed by atoms with van der Waals surface area (Å²) in [4.78, 5) is 51.4. The van der Waals surface area contributed by atoms with Crippen molar-refractivity contribution in [1.82, 2.24) is 4.90 Å². The number of esters is 1. The van der Waals surface area contributed by atoms with E-state index in [0.717, 1.165) is 0 Å². The number of allylic oxidation sites excluding steroid dienone is 1. The Hall–Kier alpha value is -2.76. The van der Waals surface area contributed by atoms with Gasteiger partial charge in [0.1, 0.15) is 5.70 Å². The van der Waals surface area contributed by atoms with Gasteiger partial charge >= 0.3 is 5.97 Å². The number of carbonyl (C=O) groups excluding carboxylic acids is 4. The lowest BCUT2D eigenvalue weighted by molar-refractivity contribution is -0.151. The van der Waals surface area contributed by atoms with Gasteiger partial charge in [0.2, 0.25) is 11.7 Å². The van der Waals surface area contributed by atoms with Crippen LogP contribution in [-0.2, 0) is 14.3 Å². The Morgan fingerprint density at radius 3 is 2.26 bits per heavy atom. The molecule has 0 radical (unpaired) electrons. The molecule has 0 saturated carbocycles. The van der Waals surface area contributed by atoms with Crippen LogP contribution in [0.15, 0.2) is 35.5 Å². The van der Waals surface area contributed by atoms with E-state index in [1.807, 2.05) is 0 Å². The van der Waals surface area contributed by atoms with E-state index in [9.17, 15) is 19.2 Å². The molecule has 118 valence electrons. The molecule has 1 atom stereocenters. The summed E-state index contributed by atoms with van der Waals surface area (Å²) >= 11 is 0. The van der Waals surface area contributed by atoms with Gasteiger partial charge in [-0.3, -0.25) is 19.2 Å². The first-order valence-corrected chi connectivity index (χ1v) is 7.43. The summed E-state index contributed by atoms with van der Waals surface area (Å²) in [5.74, 6) is -3.59. The Kier molecular flexibility index (Phi) is 3.60. The predicted octanol–water partition coefficient (Wildman–Crippen LogP) is 1.36. The first kappa shape index (κ1) is 15.1. The summed E-state index contributed by atoms with van der Waals surface area (Å²) in [6.07, 6.45) is 0. The fourth-order valence-corrected chi connectivity index (χ4v) is 3.07. The van der Waals surface area contributed by atoms with Gasteiger partial charge in [0.05, 0.1) is 12.2 Å². The molecule has 1 heterocycles. The van der Waals surface area contributed by atoms with Crippen molar-refractivity contribution in [2.24, 2.45) is 5.92 Å². The maximum atomic E-state index is 12.8. The second-order valence-electron chi connectivity index (χ2n) is 5.23. The highest BCUT2D eigenvalue weighted by molar-refractivity contribution is 6.32. The molecule has 1 aliphatic carbocycles. The van der Waals surface area contributed by atoms with Gasteiger partial charge in [0.25, 0.3) is 0 Å². The number of benzene rings is 1. The zero-order valence-electron chi connectivity index (χ0n) is 12.8. The molecule has 3 rings (SSSR count). The number of hydrogen-bond donors (Lipinski definition) is 0. The summed E-state index contributed by atoms with van der Waals surface area (Å²) in [6.45, 7) is 3.60. The molecule has 1 aliphatic heterocycles. The van der Waals surface area contributed by atoms with Crippen LogP contribution in [0.25, 0.3) is 0 Å². The number of amides is 1. The predicted molar refractivity (Wildman–Crippen MR) is 79.6 cm³/mol. The van der Waals surface area contributed by atoms with Gasteiger partial charge in [-0.25, -0.2) is 0 Å². The van der Waals surface area contributed by atoms with Crippen molar-refractivity contribution in [2.45, 2.75) is 13.8 Å². The van der Waals surface area contributed by atoms with E-state index in [4.69, 9.17) is 4.74 Å². The number of ketones is 2. The molecule has 23 heavy (non-hydrogen) atoms. The van der Waals surface area contributed by atoms with Crippen LogP contribution in [0.1, 0.15) is 34.6 Å². The third kappa shape index (κ3) is 2.02. The van der Waals surface area contributed by atoms with Gasteiger partial charge in [0.15, 0.2) is 11.7 Å². The van der Waals surface area contributed by atoms with Gasteiger partial charge in [-0.15, -0.1) is 0 Å². The minimum absolute atomic E-state index is 0.0132. The molecular formula is C17H15NO5. The Balaban J connectivity index is 2.20. The van der Waals surface area contributed by atoms with Gasteiger partial charge in [0, 0.05) is 17.7 Å². The smallest absolute Gasteiger partial charge is 0.323 e. The number of ether oxygens (including phenoxy) is 1. The fraction of sp³-hybridized carbons (Fsp3) is 0.294. The van der Waals surface area contributed by atoms with E-state index in [-0.39, 0.29) is 35.5 Å². The van der Waals surface area contributed by atoms with Crippen LogP contribution in [0.4, 0.5) is 0 Å². The van der Waals surface area contributed by atoms with Crippen LogP contribution in [-0.4, -0.2) is 41.5 Å². The maximum Gasteiger partial charge on any atom is 0.323 e. The van der Waals surface area contributed by atoms with Crippen molar-refractivity contribution in [1.29, 1.82) is 0 Å². The number of rotatable bonds is 3. The minimum atomic E-state index is -1.35. The minimum Gasteiger partial charge on any atom is -0.465 e. The lowest BCUT2D eigenvalue weighted by atomic mass is 9.83. The third-order valence-electron chi connectivity index (χ3n) is 4.04. The summed E-state index contributed by atoms with van der Waals surface area (Å²) < 4.78 is 4.93. The highest BCUT2D eigenvalue weighted by atomic mass is 16.5. The van der Waals surface area contributed by atoms with Gasteiger partial charge in [-0.2, -0.15) is 0 Å². The third-order valence-corrected chi connectivity index (χ3v) is 4.04. The number of likely N-dealkylation sites (N-methyl/N-ethyl adjacent to an activating group) is 1. The van der Waals surface area contributed by atoms with Gasteiger partial charge in [-0.05, 0) is 13.8 Å². The molecular weight excluding hydrogens is 298 g/mol. The lowest BCUT2D eigenvalue weighted by Crippen LogP contribution is -2.34. The molecule has 0 saturated heterocycles. The maximum absolute atomic E-state index is 12.8. The number of Topliss-reactive ketones (excluding diaryl/α,β-unsaturated/α-hetero) is 2. The van der Waals surface area contributed by atoms with E-state index in [1.54, 1.807) is 32.0 Å². The molecule has 0 spiro atoms. The second kappa shape index (κ2) is 5.46. The summed E-state index contributed by atoms with van der Waals surface area (Å²) in [5.41, 5.74) is 0.432. The molecule has 0 aromatic heterocycles. The monoisotopic (exact) mass is 313 g/mol. The lowest BCUT2D eigenvalue weighted by Gasteiger charge is -2.21. The number of carbonyl (C=O) groups is 4. The average molecular weight is 313 g/mol. The molecule has 0 N–H and O–H groups in total. The molecule has 1 unspecified atom stereocenters. The van der Waals surface area contributed by atoms with E-state index >= 15 is 0 Å². The Labute approximate surface area is 132 Å². The quantitative estimate of drug-likeness (QED) is 0.622. The number of hydrogen-bond acceptors (Lipinski definition) is 5. The molecule has 2 aliphatic rings. The molecule has 6 nitrogen and oxygen atoms in total. The van der Waals surface area contributed by atoms with Crippen molar-refractivity contribution >= 4 is 23.4 Å². The number of fused-ring (bicyclic) bond motifs is 1. The molecule has 1 amide bonds. The molecule has 0 bridgehead atoms.